The van der Waals surface area contributed by atoms with Gasteiger partial charge in [-0.15, -0.1) is 0 Å². The number of aromatic nitrogens is 6. The molecule has 3 aromatic heterocycles. The van der Waals surface area contributed by atoms with Gasteiger partial charge < -0.3 is 15.9 Å². The second-order valence-electron chi connectivity index (χ2n) is 10.6. The lowest BCUT2D eigenvalue weighted by molar-refractivity contribution is -0.137. The molecule has 0 aliphatic rings. The smallest absolute Gasteiger partial charge is 0.303 e. The van der Waals surface area contributed by atoms with Gasteiger partial charge in [-0.25, -0.2) is 19.6 Å². The lowest BCUT2D eigenvalue weighted by Gasteiger charge is -2.15. The van der Waals surface area contributed by atoms with E-state index in [0.717, 1.165) is 5.56 Å². The summed E-state index contributed by atoms with van der Waals surface area (Å²) in [5.74, 6) is 6.04. The van der Waals surface area contributed by atoms with Gasteiger partial charge in [-0.3, -0.25) is 14.2 Å². The molecule has 4 N–H and O–H groups in total. The Labute approximate surface area is 268 Å². The zero-order chi connectivity index (χ0) is 32.2. The van der Waals surface area contributed by atoms with Gasteiger partial charge in [0.25, 0.3) is 5.56 Å². The van der Waals surface area contributed by atoms with Crippen molar-refractivity contribution in [2.24, 2.45) is 0 Å². The van der Waals surface area contributed by atoms with Gasteiger partial charge in [0.05, 0.1) is 22.8 Å². The van der Waals surface area contributed by atoms with Crippen molar-refractivity contribution in [3.63, 3.8) is 0 Å². The quantitative estimate of drug-likeness (QED) is 0.143. The summed E-state index contributed by atoms with van der Waals surface area (Å²) in [6, 6.07) is 19.3. The van der Waals surface area contributed by atoms with Gasteiger partial charge in [0.1, 0.15) is 36.0 Å². The number of fused-ring (bicyclic) bond motifs is 2. The van der Waals surface area contributed by atoms with Crippen LogP contribution in [0.25, 0.3) is 33.2 Å². The molecule has 46 heavy (non-hydrogen) atoms. The minimum atomic E-state index is -0.836. The van der Waals surface area contributed by atoms with Crippen LogP contribution in [0.2, 0.25) is 5.02 Å². The summed E-state index contributed by atoms with van der Waals surface area (Å²) in [5.41, 5.74) is 9.26. The second kappa shape index (κ2) is 13.1. The Hall–Kier alpha value is -5.73. The molecule has 0 amide bonds. The number of benzene rings is 3. The maximum atomic E-state index is 14.3. The van der Waals surface area contributed by atoms with E-state index in [0.29, 0.717) is 68.9 Å². The van der Waals surface area contributed by atoms with Crippen LogP contribution in [-0.4, -0.2) is 45.5 Å². The van der Waals surface area contributed by atoms with Crippen molar-refractivity contribution in [2.75, 3.05) is 5.73 Å². The molecule has 0 fully saturated rings. The van der Waals surface area contributed by atoms with Crippen LogP contribution < -0.4 is 11.3 Å². The Kier molecular flexibility index (Phi) is 8.63. The lowest BCUT2D eigenvalue weighted by Crippen LogP contribution is -2.28. The van der Waals surface area contributed by atoms with Gasteiger partial charge >= 0.3 is 5.97 Å². The topological polar surface area (TPSA) is 162 Å². The van der Waals surface area contributed by atoms with Crippen LogP contribution in [-0.2, 0) is 17.9 Å². The normalized spacial score (nSPS) is 11.1. The van der Waals surface area contributed by atoms with Crippen LogP contribution in [0, 0.1) is 11.8 Å². The van der Waals surface area contributed by atoms with Gasteiger partial charge in [0.2, 0.25) is 0 Å². The molecule has 0 unspecified atom stereocenters. The Balaban J connectivity index is 1.48. The highest BCUT2D eigenvalue weighted by atomic mass is 35.5. The number of halogens is 1. The molecule has 6 rings (SSSR count). The minimum Gasteiger partial charge on any atom is -0.508 e. The molecule has 3 heterocycles. The first kappa shape index (κ1) is 30.3. The summed E-state index contributed by atoms with van der Waals surface area (Å²) < 4.78 is 3.18. The molecular weight excluding hydrogens is 606 g/mol. The minimum absolute atomic E-state index is 0.0564. The van der Waals surface area contributed by atoms with Crippen LogP contribution in [0.5, 0.6) is 5.75 Å². The monoisotopic (exact) mass is 633 g/mol. The van der Waals surface area contributed by atoms with Crippen LogP contribution in [0.15, 0.2) is 77.9 Å². The first-order valence-electron chi connectivity index (χ1n) is 14.5. The molecular formula is C34H28ClN7O4. The first-order valence-corrected chi connectivity index (χ1v) is 14.9. The number of nitrogens with zero attached hydrogens (tertiary/aromatic N) is 6. The third-order valence-electron chi connectivity index (χ3n) is 7.48. The van der Waals surface area contributed by atoms with Crippen molar-refractivity contribution in [2.45, 2.75) is 38.8 Å². The molecule has 0 saturated carbocycles. The van der Waals surface area contributed by atoms with Crippen LogP contribution in [0.3, 0.4) is 0 Å². The average molecular weight is 634 g/mol. The van der Waals surface area contributed by atoms with Crippen LogP contribution in [0.4, 0.5) is 5.82 Å². The Morgan fingerprint density at radius 2 is 1.80 bits per heavy atom. The summed E-state index contributed by atoms with van der Waals surface area (Å²) in [4.78, 5) is 38.7. The largest absolute Gasteiger partial charge is 0.508 e. The number of unbranched alkanes of at least 4 members (excludes halogenated alkanes) is 2. The fourth-order valence-electron chi connectivity index (χ4n) is 5.27. The first-order chi connectivity index (χ1) is 22.3. The average Bonchev–Trinajstić information content (AvgIpc) is 3.41. The summed E-state index contributed by atoms with van der Waals surface area (Å²) >= 11 is 6.53. The fourth-order valence-corrected chi connectivity index (χ4v) is 5.47. The van der Waals surface area contributed by atoms with Gasteiger partial charge in [-0.1, -0.05) is 59.8 Å². The third-order valence-corrected chi connectivity index (χ3v) is 7.85. The number of aromatic hydroxyl groups is 1. The van der Waals surface area contributed by atoms with Gasteiger partial charge in [-0.05, 0) is 48.7 Å². The number of carboxylic acid groups (broad SMARTS) is 1. The van der Waals surface area contributed by atoms with Gasteiger partial charge in [0, 0.05) is 29.0 Å². The molecule has 0 aliphatic carbocycles. The van der Waals surface area contributed by atoms with Crippen molar-refractivity contribution >= 4 is 45.3 Å². The van der Waals surface area contributed by atoms with Gasteiger partial charge in [-0.2, -0.15) is 5.10 Å². The Morgan fingerprint density at radius 3 is 2.61 bits per heavy atom. The van der Waals surface area contributed by atoms with Crippen molar-refractivity contribution in [3.8, 4) is 28.8 Å². The fraction of sp³-hybridized carbons (Fsp3) is 0.176. The molecule has 0 saturated heterocycles. The number of nitrogens with two attached hydrogens (primary N) is 1. The standard InChI is InChI=1S/C34H28ClN7O4/c35-25-14-6-5-10-23(25)18-41-27(39-26-15-8-11-21(29(26)34(41)46)9-3-1-2-4-16-28(44)45)19-42-33-30(32(36)37-20-38-33)31(40-42)22-12-7-13-24(43)17-22/h5-8,10-15,17,20,43H,1-2,4,16,18-19H2,(H,44,45)(H2,36,37,38). The number of rotatable bonds is 9. The molecule has 3 aromatic carbocycles. The SMILES string of the molecule is Nc1ncnc2c1c(-c1cccc(O)c1)nn2Cc1nc2cccc(C#CCCCCC(=O)O)c2c(=O)n1Cc1ccccc1Cl. The number of hydrogen-bond acceptors (Lipinski definition) is 8. The zero-order valence-electron chi connectivity index (χ0n) is 24.5. The Morgan fingerprint density at radius 1 is 0.978 bits per heavy atom. The molecule has 11 nitrogen and oxygen atoms in total. The Bertz CT molecular complexity index is 2230. The van der Waals surface area contributed by atoms with Crippen LogP contribution in [0.1, 0.15) is 42.6 Å². The third kappa shape index (κ3) is 6.24. The predicted molar refractivity (Wildman–Crippen MR) is 175 cm³/mol. The maximum absolute atomic E-state index is 14.3. The predicted octanol–water partition coefficient (Wildman–Crippen LogP) is 5.24. The molecule has 0 radical (unpaired) electrons. The van der Waals surface area contributed by atoms with E-state index in [1.165, 1.54) is 6.33 Å². The number of carbonyl (C=O) groups is 1. The van der Waals surface area contributed by atoms with Crippen molar-refractivity contribution in [3.05, 3.63) is 105 Å². The highest BCUT2D eigenvalue weighted by Crippen LogP contribution is 2.32. The molecule has 0 bridgehead atoms. The van der Waals surface area contributed by atoms with E-state index in [9.17, 15) is 14.7 Å². The number of phenolic OH excluding ortho intramolecular Hbond substituents is 1. The van der Waals surface area contributed by atoms with Crippen molar-refractivity contribution in [1.29, 1.82) is 0 Å². The van der Waals surface area contributed by atoms with E-state index in [4.69, 9.17) is 32.5 Å². The van der Waals surface area contributed by atoms with E-state index in [1.807, 2.05) is 18.2 Å². The number of hydrogen-bond donors (Lipinski definition) is 3. The van der Waals surface area contributed by atoms with E-state index < -0.39 is 5.97 Å². The highest BCUT2D eigenvalue weighted by molar-refractivity contribution is 6.31. The maximum Gasteiger partial charge on any atom is 0.303 e. The van der Waals surface area contributed by atoms with E-state index in [2.05, 4.69) is 21.8 Å². The molecule has 12 heteroatoms. The van der Waals surface area contributed by atoms with E-state index in [1.54, 1.807) is 57.8 Å². The van der Waals surface area contributed by atoms with E-state index in [-0.39, 0.29) is 36.6 Å². The van der Waals surface area contributed by atoms with Crippen LogP contribution >= 0.6 is 11.6 Å². The molecule has 0 spiro atoms. The number of aliphatic carboxylic acids is 1. The number of anilines is 1. The van der Waals surface area contributed by atoms with Crippen molar-refractivity contribution in [1.82, 2.24) is 29.3 Å². The zero-order valence-corrected chi connectivity index (χ0v) is 25.3. The van der Waals surface area contributed by atoms with Gasteiger partial charge in [0.15, 0.2) is 5.65 Å². The second-order valence-corrected chi connectivity index (χ2v) is 11.0. The summed E-state index contributed by atoms with van der Waals surface area (Å²) in [7, 11) is 0. The van der Waals surface area contributed by atoms with Crippen molar-refractivity contribution < 1.29 is 15.0 Å². The molecule has 0 atom stereocenters. The number of nitrogen functional groups attached to an aromatic ring is 1. The summed E-state index contributed by atoms with van der Waals surface area (Å²) in [6.07, 6.45) is 3.11. The lowest BCUT2D eigenvalue weighted by atomic mass is 10.1. The number of carboxylic acids is 1. The summed E-state index contributed by atoms with van der Waals surface area (Å²) in [5, 5.41) is 25.2. The molecule has 6 aromatic rings. The molecule has 0 aliphatic heterocycles. The number of phenols is 1. The van der Waals surface area contributed by atoms with E-state index >= 15 is 0 Å². The highest BCUT2D eigenvalue weighted by Gasteiger charge is 2.21. The summed E-state index contributed by atoms with van der Waals surface area (Å²) in [6.45, 7) is 0.199. The molecule has 230 valence electrons.